The Morgan fingerprint density at radius 3 is 2.76 bits per heavy atom. The molecule has 0 N–H and O–H groups in total. The number of allylic oxidation sites excluding steroid dienone is 3. The van der Waals surface area contributed by atoms with E-state index in [1.165, 1.54) is 19.3 Å². The fourth-order valence-corrected chi connectivity index (χ4v) is 2.90. The molecule has 17 heavy (non-hydrogen) atoms. The summed E-state index contributed by atoms with van der Waals surface area (Å²) in [6, 6.07) is 0. The average molecular weight is 234 g/mol. The third-order valence-electron chi connectivity index (χ3n) is 4.03. The molecule has 0 fully saturated rings. The van der Waals surface area contributed by atoms with Gasteiger partial charge in [-0.25, -0.2) is 0 Å². The van der Waals surface area contributed by atoms with Crippen molar-refractivity contribution in [3.63, 3.8) is 0 Å². The molecule has 0 amide bonds. The second-order valence-corrected chi connectivity index (χ2v) is 5.64. The number of hydrogen-bond donors (Lipinski definition) is 0. The maximum Gasteiger partial charge on any atom is 0.138 e. The molecule has 0 aromatic heterocycles. The first kappa shape index (κ1) is 14.2. The molecule has 96 valence electrons. The Balaban J connectivity index is 2.84. The molecular formula is C16H26O. The number of rotatable bonds is 5. The smallest absolute Gasteiger partial charge is 0.138 e. The summed E-state index contributed by atoms with van der Waals surface area (Å²) in [5.41, 5.74) is 1.00. The van der Waals surface area contributed by atoms with Gasteiger partial charge in [0, 0.05) is 12.8 Å². The van der Waals surface area contributed by atoms with Crippen LogP contribution in [0.3, 0.4) is 0 Å². The summed E-state index contributed by atoms with van der Waals surface area (Å²) < 4.78 is 0. The fraction of sp³-hybridized carbons (Fsp3) is 0.688. The minimum atomic E-state index is 0.0421. The van der Waals surface area contributed by atoms with E-state index in [0.29, 0.717) is 24.5 Å². The second-order valence-electron chi connectivity index (χ2n) is 5.64. The molecule has 0 saturated carbocycles. The van der Waals surface area contributed by atoms with Crippen molar-refractivity contribution in [2.45, 2.75) is 59.3 Å². The lowest BCUT2D eigenvalue weighted by atomic mass is 9.70. The van der Waals surface area contributed by atoms with Crippen LogP contribution in [0.5, 0.6) is 0 Å². The van der Waals surface area contributed by atoms with Gasteiger partial charge in [-0.15, -0.1) is 0 Å². The van der Waals surface area contributed by atoms with E-state index in [0.717, 1.165) is 12.0 Å². The highest BCUT2D eigenvalue weighted by Crippen LogP contribution is 2.40. The van der Waals surface area contributed by atoms with Crippen molar-refractivity contribution >= 4 is 5.78 Å². The Bertz CT molecular complexity index is 313. The van der Waals surface area contributed by atoms with Gasteiger partial charge in [0.2, 0.25) is 0 Å². The molecule has 2 atom stereocenters. The van der Waals surface area contributed by atoms with Crippen LogP contribution in [0.25, 0.3) is 0 Å². The van der Waals surface area contributed by atoms with Crippen LogP contribution < -0.4 is 0 Å². The van der Waals surface area contributed by atoms with Crippen molar-refractivity contribution in [1.82, 2.24) is 0 Å². The maximum absolute atomic E-state index is 11.9. The fourth-order valence-electron chi connectivity index (χ4n) is 2.90. The maximum atomic E-state index is 11.9. The minimum absolute atomic E-state index is 0.0421. The molecular weight excluding hydrogens is 208 g/mol. The predicted octanol–water partition coefficient (Wildman–Crippen LogP) is 4.68. The third-order valence-corrected chi connectivity index (χ3v) is 4.03. The van der Waals surface area contributed by atoms with Gasteiger partial charge in [0.05, 0.1) is 0 Å². The van der Waals surface area contributed by atoms with Crippen LogP contribution in [0, 0.1) is 11.3 Å². The predicted molar refractivity (Wildman–Crippen MR) is 73.9 cm³/mol. The molecule has 1 aliphatic carbocycles. The van der Waals surface area contributed by atoms with Crippen LogP contribution >= 0.6 is 0 Å². The van der Waals surface area contributed by atoms with Gasteiger partial charge in [-0.1, -0.05) is 58.8 Å². The summed E-state index contributed by atoms with van der Waals surface area (Å²) in [7, 11) is 0. The lowest BCUT2D eigenvalue weighted by molar-refractivity contribution is -0.120. The van der Waals surface area contributed by atoms with Crippen LogP contribution in [0.4, 0.5) is 0 Å². The van der Waals surface area contributed by atoms with Gasteiger partial charge in [-0.05, 0) is 23.3 Å². The van der Waals surface area contributed by atoms with Crippen LogP contribution in [0.15, 0.2) is 24.3 Å². The summed E-state index contributed by atoms with van der Waals surface area (Å²) in [5.74, 6) is 0.964. The number of carbonyl (C=O) groups excluding carboxylic acids is 1. The average Bonchev–Trinajstić information content (AvgIpc) is 2.39. The van der Waals surface area contributed by atoms with E-state index >= 15 is 0 Å². The lowest BCUT2D eigenvalue weighted by Gasteiger charge is -2.34. The second kappa shape index (κ2) is 6.18. The van der Waals surface area contributed by atoms with E-state index in [1.54, 1.807) is 0 Å². The molecule has 0 saturated heterocycles. The van der Waals surface area contributed by atoms with Gasteiger partial charge in [0.15, 0.2) is 0 Å². The Kier molecular flexibility index (Phi) is 5.17. The van der Waals surface area contributed by atoms with Crippen molar-refractivity contribution < 1.29 is 4.79 Å². The van der Waals surface area contributed by atoms with Crippen molar-refractivity contribution in [3.8, 4) is 0 Å². The SMILES string of the molecule is C=C1C=C[C@](C)(C(CC)CCCC)CC(=O)C1. The number of ketones is 1. The topological polar surface area (TPSA) is 17.1 Å². The molecule has 1 nitrogen and oxygen atoms in total. The molecule has 0 bridgehead atoms. The summed E-state index contributed by atoms with van der Waals surface area (Å²) in [4.78, 5) is 11.9. The van der Waals surface area contributed by atoms with Crippen molar-refractivity contribution in [2.24, 2.45) is 11.3 Å². The van der Waals surface area contributed by atoms with Crippen LogP contribution in [0.1, 0.15) is 59.3 Å². The molecule has 0 radical (unpaired) electrons. The zero-order chi connectivity index (χ0) is 12.9. The molecule has 1 unspecified atom stereocenters. The summed E-state index contributed by atoms with van der Waals surface area (Å²) in [6.07, 6.45) is 10.4. The van der Waals surface area contributed by atoms with Gasteiger partial charge < -0.3 is 0 Å². The molecule has 1 heteroatoms. The normalized spacial score (nSPS) is 27.0. The van der Waals surface area contributed by atoms with E-state index in [9.17, 15) is 4.79 Å². The molecule has 0 spiro atoms. The van der Waals surface area contributed by atoms with Gasteiger partial charge in [-0.2, -0.15) is 0 Å². The Morgan fingerprint density at radius 1 is 1.47 bits per heavy atom. The summed E-state index contributed by atoms with van der Waals surface area (Å²) in [5, 5.41) is 0. The zero-order valence-corrected chi connectivity index (χ0v) is 11.6. The summed E-state index contributed by atoms with van der Waals surface area (Å²) >= 11 is 0. The third kappa shape index (κ3) is 3.83. The largest absolute Gasteiger partial charge is 0.299 e. The molecule has 0 aromatic rings. The molecule has 1 rings (SSSR count). The number of hydrogen-bond acceptors (Lipinski definition) is 1. The van der Waals surface area contributed by atoms with Crippen molar-refractivity contribution in [2.75, 3.05) is 0 Å². The zero-order valence-electron chi connectivity index (χ0n) is 11.6. The molecule has 0 heterocycles. The number of unbranched alkanes of at least 4 members (excludes halogenated alkanes) is 1. The van der Waals surface area contributed by atoms with Gasteiger partial charge in [0.25, 0.3) is 0 Å². The van der Waals surface area contributed by atoms with E-state index in [-0.39, 0.29) is 5.41 Å². The highest BCUT2D eigenvalue weighted by molar-refractivity contribution is 5.83. The molecule has 0 aliphatic heterocycles. The first-order chi connectivity index (χ1) is 8.01. The van der Waals surface area contributed by atoms with Gasteiger partial charge in [-0.3, -0.25) is 4.79 Å². The van der Waals surface area contributed by atoms with Crippen LogP contribution in [0.2, 0.25) is 0 Å². The number of Topliss-reactive ketones (excluding diaryl/α,β-unsaturated/α-hetero) is 1. The van der Waals surface area contributed by atoms with Crippen molar-refractivity contribution in [3.05, 3.63) is 24.3 Å². The Labute approximate surface area is 106 Å². The van der Waals surface area contributed by atoms with Crippen LogP contribution in [-0.2, 0) is 4.79 Å². The Hall–Kier alpha value is -0.850. The van der Waals surface area contributed by atoms with E-state index < -0.39 is 0 Å². The van der Waals surface area contributed by atoms with Crippen molar-refractivity contribution in [1.29, 1.82) is 0 Å². The minimum Gasteiger partial charge on any atom is -0.299 e. The molecule has 1 aliphatic rings. The Morgan fingerprint density at radius 2 is 2.18 bits per heavy atom. The van der Waals surface area contributed by atoms with E-state index in [1.807, 2.05) is 0 Å². The van der Waals surface area contributed by atoms with Crippen LogP contribution in [-0.4, -0.2) is 5.78 Å². The van der Waals surface area contributed by atoms with Gasteiger partial charge >= 0.3 is 0 Å². The summed E-state index contributed by atoms with van der Waals surface area (Å²) in [6.45, 7) is 10.6. The molecule has 0 aromatic carbocycles. The van der Waals surface area contributed by atoms with Gasteiger partial charge in [0.1, 0.15) is 5.78 Å². The van der Waals surface area contributed by atoms with E-state index in [2.05, 4.69) is 39.5 Å². The van der Waals surface area contributed by atoms with E-state index in [4.69, 9.17) is 0 Å². The highest BCUT2D eigenvalue weighted by Gasteiger charge is 2.33. The number of carbonyl (C=O) groups is 1. The highest BCUT2D eigenvalue weighted by atomic mass is 16.1. The monoisotopic (exact) mass is 234 g/mol. The quantitative estimate of drug-likeness (QED) is 0.674. The standard InChI is InChI=1S/C16H26O/c1-5-7-8-14(6-2)16(4)10-9-13(3)11-15(17)12-16/h9-10,14H,3,5-8,11-12H2,1-2,4H3/t14?,16-/m0/s1. The first-order valence-corrected chi connectivity index (χ1v) is 6.90. The first-order valence-electron chi connectivity index (χ1n) is 6.90. The lowest BCUT2D eigenvalue weighted by Crippen LogP contribution is -2.27.